The lowest BCUT2D eigenvalue weighted by Gasteiger charge is -2.00. The van der Waals surface area contributed by atoms with Crippen molar-refractivity contribution in [1.82, 2.24) is 0 Å². The molecule has 0 bridgehead atoms. The standard InChI is InChI=1S/C13H10N2O/c14-8-5-6-10-9-3-1-2-4-11(9)13(15-16)12(10)7-8/h1-7,16H,14H2/b15-13+. The number of fused-ring (bicyclic) bond motifs is 3. The molecule has 16 heavy (non-hydrogen) atoms. The molecule has 0 fully saturated rings. The van der Waals surface area contributed by atoms with E-state index in [4.69, 9.17) is 10.9 Å². The van der Waals surface area contributed by atoms with Crippen molar-refractivity contribution < 1.29 is 5.21 Å². The zero-order valence-corrected chi connectivity index (χ0v) is 8.51. The summed E-state index contributed by atoms with van der Waals surface area (Å²) in [6, 6.07) is 13.5. The second-order valence-corrected chi connectivity index (χ2v) is 3.80. The van der Waals surface area contributed by atoms with Gasteiger partial charge in [-0.25, -0.2) is 0 Å². The monoisotopic (exact) mass is 210 g/mol. The summed E-state index contributed by atoms with van der Waals surface area (Å²) in [5.41, 5.74) is 11.0. The maximum absolute atomic E-state index is 9.10. The fourth-order valence-corrected chi connectivity index (χ4v) is 2.17. The molecule has 0 aliphatic heterocycles. The van der Waals surface area contributed by atoms with Crippen LogP contribution in [0.4, 0.5) is 5.69 Å². The third-order valence-corrected chi connectivity index (χ3v) is 2.87. The van der Waals surface area contributed by atoms with Crippen LogP contribution in [0.1, 0.15) is 11.1 Å². The quantitative estimate of drug-likeness (QED) is 0.340. The summed E-state index contributed by atoms with van der Waals surface area (Å²) in [6.07, 6.45) is 0. The molecular weight excluding hydrogens is 200 g/mol. The van der Waals surface area contributed by atoms with Gasteiger partial charge in [0.1, 0.15) is 5.71 Å². The molecule has 3 rings (SSSR count). The maximum Gasteiger partial charge on any atom is 0.118 e. The van der Waals surface area contributed by atoms with E-state index in [2.05, 4.69) is 5.16 Å². The van der Waals surface area contributed by atoms with E-state index in [0.717, 1.165) is 22.3 Å². The minimum absolute atomic E-state index is 0.595. The van der Waals surface area contributed by atoms with Crippen molar-refractivity contribution in [2.75, 3.05) is 5.73 Å². The van der Waals surface area contributed by atoms with Gasteiger partial charge in [-0.1, -0.05) is 35.5 Å². The molecule has 3 nitrogen and oxygen atoms in total. The molecule has 78 valence electrons. The number of nitrogen functional groups attached to an aromatic ring is 1. The van der Waals surface area contributed by atoms with E-state index in [1.165, 1.54) is 0 Å². The fraction of sp³-hybridized carbons (Fsp3) is 0. The van der Waals surface area contributed by atoms with Gasteiger partial charge in [-0.15, -0.1) is 0 Å². The molecule has 0 heterocycles. The molecule has 1 aliphatic rings. The first-order valence-corrected chi connectivity index (χ1v) is 5.03. The molecule has 3 heteroatoms. The van der Waals surface area contributed by atoms with Crippen molar-refractivity contribution in [2.45, 2.75) is 0 Å². The number of hydrogen-bond acceptors (Lipinski definition) is 3. The number of anilines is 1. The molecule has 0 aromatic heterocycles. The van der Waals surface area contributed by atoms with Gasteiger partial charge in [0.15, 0.2) is 0 Å². The first-order chi connectivity index (χ1) is 7.81. The van der Waals surface area contributed by atoms with Crippen molar-refractivity contribution >= 4 is 11.4 Å². The average molecular weight is 210 g/mol. The van der Waals surface area contributed by atoms with Gasteiger partial charge in [-0.2, -0.15) is 0 Å². The Hall–Kier alpha value is -2.29. The zero-order chi connectivity index (χ0) is 11.1. The summed E-state index contributed by atoms with van der Waals surface area (Å²) in [7, 11) is 0. The highest BCUT2D eigenvalue weighted by molar-refractivity contribution is 6.24. The van der Waals surface area contributed by atoms with E-state index in [1.807, 2.05) is 42.5 Å². The number of nitrogens with zero attached hydrogens (tertiary/aromatic N) is 1. The Morgan fingerprint density at radius 1 is 0.875 bits per heavy atom. The Morgan fingerprint density at radius 2 is 1.56 bits per heavy atom. The Kier molecular flexibility index (Phi) is 1.74. The molecule has 3 N–H and O–H groups in total. The largest absolute Gasteiger partial charge is 0.410 e. The molecule has 0 spiro atoms. The lowest BCUT2D eigenvalue weighted by Crippen LogP contribution is -1.98. The van der Waals surface area contributed by atoms with Gasteiger partial charge in [-0.05, 0) is 23.3 Å². The molecule has 1 aliphatic carbocycles. The van der Waals surface area contributed by atoms with Gasteiger partial charge in [0.25, 0.3) is 0 Å². The first kappa shape index (κ1) is 8.97. The Morgan fingerprint density at radius 3 is 2.31 bits per heavy atom. The van der Waals surface area contributed by atoms with Crippen molar-refractivity contribution in [3.63, 3.8) is 0 Å². The number of oxime groups is 1. The highest BCUT2D eigenvalue weighted by atomic mass is 16.4. The van der Waals surface area contributed by atoms with Gasteiger partial charge in [0, 0.05) is 16.8 Å². The van der Waals surface area contributed by atoms with Gasteiger partial charge >= 0.3 is 0 Å². The predicted molar refractivity (Wildman–Crippen MR) is 63.7 cm³/mol. The van der Waals surface area contributed by atoms with E-state index in [1.54, 1.807) is 0 Å². The lowest BCUT2D eigenvalue weighted by atomic mass is 10.1. The van der Waals surface area contributed by atoms with Crippen LogP contribution in [0, 0.1) is 0 Å². The summed E-state index contributed by atoms with van der Waals surface area (Å²) in [5.74, 6) is 0. The third-order valence-electron chi connectivity index (χ3n) is 2.87. The highest BCUT2D eigenvalue weighted by Crippen LogP contribution is 2.37. The van der Waals surface area contributed by atoms with Crippen LogP contribution in [-0.4, -0.2) is 10.9 Å². The van der Waals surface area contributed by atoms with Gasteiger partial charge in [0.2, 0.25) is 0 Å². The van der Waals surface area contributed by atoms with Crippen LogP contribution in [0.2, 0.25) is 0 Å². The van der Waals surface area contributed by atoms with Gasteiger partial charge in [-0.3, -0.25) is 0 Å². The normalized spacial score (nSPS) is 14.9. The molecule has 2 aromatic rings. The third kappa shape index (κ3) is 1.05. The number of nitrogens with two attached hydrogens (primary N) is 1. The Bertz CT molecular complexity index is 603. The highest BCUT2D eigenvalue weighted by Gasteiger charge is 2.24. The lowest BCUT2D eigenvalue weighted by molar-refractivity contribution is 0.320. The van der Waals surface area contributed by atoms with Crippen LogP contribution in [0.3, 0.4) is 0 Å². The molecule has 2 aromatic carbocycles. The second kappa shape index (κ2) is 3.10. The van der Waals surface area contributed by atoms with E-state index >= 15 is 0 Å². The van der Waals surface area contributed by atoms with Crippen LogP contribution in [0.5, 0.6) is 0 Å². The van der Waals surface area contributed by atoms with Crippen LogP contribution >= 0.6 is 0 Å². The molecule has 0 radical (unpaired) electrons. The summed E-state index contributed by atoms with van der Waals surface area (Å²) in [4.78, 5) is 0. The molecule has 0 unspecified atom stereocenters. The van der Waals surface area contributed by atoms with E-state index in [0.29, 0.717) is 11.4 Å². The maximum atomic E-state index is 9.10. The molecule has 0 saturated heterocycles. The average Bonchev–Trinajstić information content (AvgIpc) is 2.61. The zero-order valence-electron chi connectivity index (χ0n) is 8.51. The van der Waals surface area contributed by atoms with Gasteiger partial charge in [0.05, 0.1) is 0 Å². The van der Waals surface area contributed by atoms with Crippen molar-refractivity contribution in [1.29, 1.82) is 0 Å². The fourth-order valence-electron chi connectivity index (χ4n) is 2.17. The van der Waals surface area contributed by atoms with Gasteiger partial charge < -0.3 is 10.9 Å². The van der Waals surface area contributed by atoms with Crippen molar-refractivity contribution in [3.8, 4) is 11.1 Å². The topological polar surface area (TPSA) is 58.6 Å². The van der Waals surface area contributed by atoms with Crippen LogP contribution in [0.15, 0.2) is 47.6 Å². The SMILES string of the molecule is Nc1ccc2c(c1)/C(=N/O)c1ccccc1-2. The van der Waals surface area contributed by atoms with E-state index in [-0.39, 0.29) is 0 Å². The van der Waals surface area contributed by atoms with Crippen LogP contribution in [-0.2, 0) is 0 Å². The molecule has 0 amide bonds. The Labute approximate surface area is 92.8 Å². The summed E-state index contributed by atoms with van der Waals surface area (Å²) in [6.45, 7) is 0. The molecular formula is C13H10N2O. The molecule has 0 atom stereocenters. The summed E-state index contributed by atoms with van der Waals surface area (Å²) >= 11 is 0. The smallest absolute Gasteiger partial charge is 0.118 e. The number of rotatable bonds is 0. The van der Waals surface area contributed by atoms with Crippen molar-refractivity contribution in [3.05, 3.63) is 53.6 Å². The Balaban J connectivity index is 2.39. The number of benzene rings is 2. The minimum atomic E-state index is 0.595. The predicted octanol–water partition coefficient (Wildman–Crippen LogP) is 2.48. The number of hydrogen-bond donors (Lipinski definition) is 2. The first-order valence-electron chi connectivity index (χ1n) is 5.03. The minimum Gasteiger partial charge on any atom is -0.410 e. The van der Waals surface area contributed by atoms with E-state index in [9.17, 15) is 0 Å². The molecule has 0 saturated carbocycles. The summed E-state index contributed by atoms with van der Waals surface area (Å²) in [5, 5.41) is 12.5. The van der Waals surface area contributed by atoms with E-state index < -0.39 is 0 Å². The van der Waals surface area contributed by atoms with Crippen molar-refractivity contribution in [2.24, 2.45) is 5.16 Å². The van der Waals surface area contributed by atoms with Crippen LogP contribution < -0.4 is 5.73 Å². The summed E-state index contributed by atoms with van der Waals surface area (Å²) < 4.78 is 0. The second-order valence-electron chi connectivity index (χ2n) is 3.80. The van der Waals surface area contributed by atoms with Crippen LogP contribution in [0.25, 0.3) is 11.1 Å².